The molecule has 11 heteroatoms. The molecular formula is C12H23B2N2O6P. The van der Waals surface area contributed by atoms with Crippen LogP contribution in [0, 0.1) is 0 Å². The van der Waals surface area contributed by atoms with E-state index in [0.29, 0.717) is 12.8 Å². The van der Waals surface area contributed by atoms with Crippen molar-refractivity contribution in [2.75, 3.05) is 27.4 Å². The number of likely N-dealkylation sites (N-methyl/N-ethyl adjacent to an activating group) is 1. The van der Waals surface area contributed by atoms with E-state index in [-0.39, 0.29) is 25.4 Å². The van der Waals surface area contributed by atoms with Gasteiger partial charge < -0.3 is 24.4 Å². The maximum absolute atomic E-state index is 12.2. The lowest BCUT2D eigenvalue weighted by Gasteiger charge is -2.24. The van der Waals surface area contributed by atoms with Gasteiger partial charge in [-0.2, -0.15) is 0 Å². The minimum absolute atomic E-state index is 0.0190. The van der Waals surface area contributed by atoms with Crippen LogP contribution in [-0.4, -0.2) is 84.3 Å². The highest BCUT2D eigenvalue weighted by Gasteiger charge is 2.39. The average molecular weight is 344 g/mol. The first-order valence-electron chi connectivity index (χ1n) is 7.58. The van der Waals surface area contributed by atoms with E-state index in [1.165, 1.54) is 7.11 Å². The second-order valence-corrected chi connectivity index (χ2v) is 7.36. The third kappa shape index (κ3) is 5.54. The zero-order valence-corrected chi connectivity index (χ0v) is 14.3. The van der Waals surface area contributed by atoms with Crippen LogP contribution in [0.15, 0.2) is 0 Å². The highest BCUT2D eigenvalue weighted by atomic mass is 31.2. The number of hydrogen-bond acceptors (Lipinski definition) is 6. The Labute approximate surface area is 139 Å². The Morgan fingerprint density at radius 2 is 1.74 bits per heavy atom. The molecule has 0 amide bonds. The second-order valence-electron chi connectivity index (χ2n) is 5.80. The van der Waals surface area contributed by atoms with Gasteiger partial charge in [-0.05, 0) is 19.9 Å². The minimum Gasteiger partial charge on any atom is -0.382 e. The van der Waals surface area contributed by atoms with Gasteiger partial charge in [0.15, 0.2) is 0 Å². The molecular weight excluding hydrogens is 321 g/mol. The van der Waals surface area contributed by atoms with Crippen LogP contribution in [0.25, 0.3) is 0 Å². The zero-order chi connectivity index (χ0) is 17.0. The van der Waals surface area contributed by atoms with Gasteiger partial charge in [0.25, 0.3) is 0 Å². The highest BCUT2D eigenvalue weighted by Crippen LogP contribution is 2.40. The predicted molar refractivity (Wildman–Crippen MR) is 85.5 cm³/mol. The van der Waals surface area contributed by atoms with Crippen molar-refractivity contribution in [2.45, 2.75) is 49.1 Å². The first kappa shape index (κ1) is 19.4. The van der Waals surface area contributed by atoms with Crippen molar-refractivity contribution >= 4 is 23.4 Å². The largest absolute Gasteiger partial charge is 0.403 e. The standard InChI is InChI=1S/C12H23B2N2O6P/c1-15-7-3-11(13)22-10(7)6-20-23(17,18)16-8-4-12(14)21-9(8)5-19-2/h7-12,15H,3-6H2,1-2H3,(H2,16,17,18)/t7-,8-,9+,10+,11+,12+/m0/s1. The molecule has 8 nitrogen and oxygen atoms in total. The molecule has 2 fully saturated rings. The van der Waals surface area contributed by atoms with Crippen LogP contribution in [-0.2, 0) is 23.3 Å². The molecule has 4 radical (unpaired) electrons. The molecule has 23 heavy (non-hydrogen) atoms. The number of hydrogen-bond donors (Lipinski definition) is 3. The van der Waals surface area contributed by atoms with Gasteiger partial charge >= 0.3 is 7.75 Å². The van der Waals surface area contributed by atoms with E-state index in [2.05, 4.69) is 10.4 Å². The van der Waals surface area contributed by atoms with Crippen molar-refractivity contribution in [3.05, 3.63) is 0 Å². The summed E-state index contributed by atoms with van der Waals surface area (Å²) in [5, 5.41) is 5.64. The molecule has 0 aromatic rings. The SMILES string of the molecule is [B][C@H]1C[C@H](NC)[C@@H](COP(=O)(O)N[C@H]2C[C@H]([B])O[C@@H]2COC)O1. The third-order valence-electron chi connectivity index (χ3n) is 4.01. The summed E-state index contributed by atoms with van der Waals surface area (Å²) >= 11 is 0. The molecule has 0 spiro atoms. The Morgan fingerprint density at radius 3 is 2.30 bits per heavy atom. The lowest BCUT2D eigenvalue weighted by Crippen LogP contribution is -2.39. The number of rotatable bonds is 8. The molecule has 7 atom stereocenters. The van der Waals surface area contributed by atoms with Crippen LogP contribution in [0.3, 0.4) is 0 Å². The van der Waals surface area contributed by atoms with Gasteiger partial charge in [-0.3, -0.25) is 4.52 Å². The van der Waals surface area contributed by atoms with E-state index in [0.717, 1.165) is 0 Å². The van der Waals surface area contributed by atoms with Gasteiger partial charge in [0.1, 0.15) is 15.7 Å². The average Bonchev–Trinajstić information content (AvgIpc) is 2.99. The molecule has 2 saturated heterocycles. The Balaban J connectivity index is 1.85. The summed E-state index contributed by atoms with van der Waals surface area (Å²) in [6, 6.07) is -1.35. The fourth-order valence-corrected chi connectivity index (χ4v) is 4.00. The first-order chi connectivity index (χ1) is 10.8. The molecule has 0 aromatic heterocycles. The summed E-state index contributed by atoms with van der Waals surface area (Å²) in [4.78, 5) is 10.0. The van der Waals surface area contributed by atoms with Crippen LogP contribution >= 0.6 is 7.75 Å². The lowest BCUT2D eigenvalue weighted by molar-refractivity contribution is 0.0160. The van der Waals surface area contributed by atoms with E-state index < -0.39 is 31.9 Å². The molecule has 3 N–H and O–H groups in total. The van der Waals surface area contributed by atoms with Crippen molar-refractivity contribution in [1.29, 1.82) is 0 Å². The van der Waals surface area contributed by atoms with Crippen LogP contribution in [0.1, 0.15) is 12.8 Å². The third-order valence-corrected chi connectivity index (χ3v) is 5.17. The minimum atomic E-state index is -4.03. The van der Waals surface area contributed by atoms with E-state index >= 15 is 0 Å². The Kier molecular flexibility index (Phi) is 7.13. The smallest absolute Gasteiger partial charge is 0.382 e. The second kappa shape index (κ2) is 8.45. The number of nitrogens with one attached hydrogen (secondary N) is 2. The molecule has 2 aliphatic rings. The fraction of sp³-hybridized carbons (Fsp3) is 1.00. The van der Waals surface area contributed by atoms with Gasteiger partial charge in [-0.15, -0.1) is 0 Å². The van der Waals surface area contributed by atoms with Crippen molar-refractivity contribution in [3.63, 3.8) is 0 Å². The monoisotopic (exact) mass is 344 g/mol. The van der Waals surface area contributed by atoms with Crippen molar-refractivity contribution in [3.8, 4) is 0 Å². The highest BCUT2D eigenvalue weighted by molar-refractivity contribution is 7.50. The van der Waals surface area contributed by atoms with E-state index in [9.17, 15) is 9.46 Å². The summed E-state index contributed by atoms with van der Waals surface area (Å²) in [5.74, 6) is 0. The molecule has 0 bridgehead atoms. The summed E-state index contributed by atoms with van der Waals surface area (Å²) in [7, 11) is 10.7. The Morgan fingerprint density at radius 1 is 1.17 bits per heavy atom. The fourth-order valence-electron chi connectivity index (χ4n) is 2.89. The molecule has 0 saturated carbocycles. The quantitative estimate of drug-likeness (QED) is 0.376. The Bertz CT molecular complexity index is 434. The van der Waals surface area contributed by atoms with Gasteiger partial charge in [0, 0.05) is 31.2 Å². The molecule has 0 aromatic carbocycles. The summed E-state index contributed by atoms with van der Waals surface area (Å²) in [5.41, 5.74) is 0. The van der Waals surface area contributed by atoms with Crippen LogP contribution in [0.2, 0.25) is 0 Å². The predicted octanol–water partition coefficient (Wildman–Crippen LogP) is -1.14. The topological polar surface area (TPSA) is 98.3 Å². The first-order valence-corrected chi connectivity index (χ1v) is 9.15. The van der Waals surface area contributed by atoms with Crippen molar-refractivity contribution in [1.82, 2.24) is 10.4 Å². The van der Waals surface area contributed by atoms with Crippen molar-refractivity contribution < 1.29 is 28.2 Å². The maximum Gasteiger partial charge on any atom is 0.403 e. The van der Waals surface area contributed by atoms with Gasteiger partial charge in [-0.25, -0.2) is 9.65 Å². The summed E-state index contributed by atoms with van der Waals surface area (Å²) in [6.45, 7) is 0.225. The number of methoxy groups -OCH3 is 1. The maximum atomic E-state index is 12.2. The number of ether oxygens (including phenoxy) is 3. The van der Waals surface area contributed by atoms with Crippen LogP contribution in [0.4, 0.5) is 0 Å². The van der Waals surface area contributed by atoms with Gasteiger partial charge in [0.05, 0.1) is 25.4 Å². The zero-order valence-electron chi connectivity index (χ0n) is 13.4. The molecule has 2 aliphatic heterocycles. The van der Waals surface area contributed by atoms with Crippen LogP contribution in [0.5, 0.6) is 0 Å². The normalized spacial score (nSPS) is 40.3. The van der Waals surface area contributed by atoms with Gasteiger partial charge in [0.2, 0.25) is 0 Å². The summed E-state index contributed by atoms with van der Waals surface area (Å²) in [6.07, 6.45) is 0.232. The molecule has 1 unspecified atom stereocenters. The Hall–Kier alpha value is 0.0799. The summed E-state index contributed by atoms with van der Waals surface area (Å²) < 4.78 is 33.3. The molecule has 2 heterocycles. The van der Waals surface area contributed by atoms with Gasteiger partial charge in [-0.1, -0.05) is 0 Å². The van der Waals surface area contributed by atoms with E-state index in [1.54, 1.807) is 7.05 Å². The van der Waals surface area contributed by atoms with E-state index in [4.69, 9.17) is 34.4 Å². The molecule has 128 valence electrons. The van der Waals surface area contributed by atoms with E-state index in [1.807, 2.05) is 0 Å². The molecule has 0 aliphatic carbocycles. The van der Waals surface area contributed by atoms with Crippen molar-refractivity contribution in [2.24, 2.45) is 0 Å². The molecule has 2 rings (SSSR count). The van der Waals surface area contributed by atoms with Crippen LogP contribution < -0.4 is 10.4 Å². The lowest BCUT2D eigenvalue weighted by atomic mass is 9.95.